The van der Waals surface area contributed by atoms with Crippen LogP contribution in [-0.4, -0.2) is 20.4 Å². The van der Waals surface area contributed by atoms with Gasteiger partial charge in [0.05, 0.1) is 4.90 Å². The van der Waals surface area contributed by atoms with Crippen molar-refractivity contribution in [2.45, 2.75) is 70.7 Å². The normalized spacial score (nSPS) is 15.4. The number of nitrogens with one attached hydrogen (secondary N) is 1. The number of rotatable bonds is 7. The van der Waals surface area contributed by atoms with E-state index in [4.69, 9.17) is 9.15 Å². The second-order valence-electron chi connectivity index (χ2n) is 9.34. The quantitative estimate of drug-likeness (QED) is 0.291. The van der Waals surface area contributed by atoms with E-state index < -0.39 is 22.0 Å². The molecule has 1 aliphatic carbocycles. The van der Waals surface area contributed by atoms with Gasteiger partial charge in [0, 0.05) is 16.5 Å². The van der Waals surface area contributed by atoms with Crippen LogP contribution in [0.5, 0.6) is 5.75 Å². The first-order chi connectivity index (χ1) is 16.6. The Balaban J connectivity index is 1.65. The van der Waals surface area contributed by atoms with Crippen molar-refractivity contribution < 1.29 is 22.4 Å². The van der Waals surface area contributed by atoms with Crippen molar-refractivity contribution in [3.63, 3.8) is 0 Å². The molecule has 1 aliphatic rings. The van der Waals surface area contributed by atoms with Crippen molar-refractivity contribution in [3.05, 3.63) is 69.1 Å². The van der Waals surface area contributed by atoms with E-state index in [9.17, 15) is 18.0 Å². The van der Waals surface area contributed by atoms with Gasteiger partial charge >= 0.3 is 11.6 Å². The minimum absolute atomic E-state index is 0.0811. The van der Waals surface area contributed by atoms with Crippen molar-refractivity contribution >= 4 is 27.0 Å². The molecule has 0 saturated heterocycles. The molecule has 0 radical (unpaired) electrons. The third kappa shape index (κ3) is 5.04. The van der Waals surface area contributed by atoms with Crippen LogP contribution in [0.15, 0.2) is 50.5 Å². The van der Waals surface area contributed by atoms with Crippen LogP contribution in [0, 0.1) is 19.8 Å². The maximum absolute atomic E-state index is 13.2. The van der Waals surface area contributed by atoms with Gasteiger partial charge in [-0.3, -0.25) is 0 Å². The van der Waals surface area contributed by atoms with Gasteiger partial charge in [-0.25, -0.2) is 18.0 Å². The average molecular weight is 498 g/mol. The monoisotopic (exact) mass is 497 g/mol. The molecule has 1 heterocycles. The van der Waals surface area contributed by atoms with E-state index in [2.05, 4.69) is 4.72 Å². The zero-order chi connectivity index (χ0) is 25.3. The molecular formula is C27H31NO6S. The van der Waals surface area contributed by atoms with Crippen LogP contribution in [0.25, 0.3) is 11.0 Å². The van der Waals surface area contributed by atoms with E-state index in [0.717, 1.165) is 41.3 Å². The minimum atomic E-state index is -3.94. The van der Waals surface area contributed by atoms with Gasteiger partial charge in [0.1, 0.15) is 17.4 Å². The summed E-state index contributed by atoms with van der Waals surface area (Å²) in [5, 5.41) is 0.857. The smallest absolute Gasteiger partial charge is 0.339 e. The summed E-state index contributed by atoms with van der Waals surface area (Å²) in [5.41, 5.74) is 3.26. The molecule has 1 N–H and O–H groups in total. The molecule has 186 valence electrons. The topological polar surface area (TPSA) is 103 Å². The molecule has 7 nitrogen and oxygen atoms in total. The number of sulfonamides is 1. The van der Waals surface area contributed by atoms with E-state index >= 15 is 0 Å². The summed E-state index contributed by atoms with van der Waals surface area (Å²) in [6.07, 6.45) is 4.06. The van der Waals surface area contributed by atoms with Crippen molar-refractivity contribution in [1.82, 2.24) is 4.72 Å². The zero-order valence-electron chi connectivity index (χ0n) is 20.5. The Morgan fingerprint density at radius 2 is 1.71 bits per heavy atom. The third-order valence-electron chi connectivity index (χ3n) is 6.88. The maximum atomic E-state index is 13.2. The van der Waals surface area contributed by atoms with E-state index in [1.54, 1.807) is 32.0 Å². The highest BCUT2D eigenvalue weighted by Crippen LogP contribution is 2.33. The Bertz CT molecular complexity index is 1420. The Morgan fingerprint density at radius 3 is 2.37 bits per heavy atom. The number of carbonyl (C=O) groups excluding carboxylic acids is 1. The summed E-state index contributed by atoms with van der Waals surface area (Å²) in [6.45, 7) is 7.27. The van der Waals surface area contributed by atoms with E-state index in [-0.39, 0.29) is 22.2 Å². The number of hydrogen-bond acceptors (Lipinski definition) is 6. The van der Waals surface area contributed by atoms with Crippen LogP contribution in [0.1, 0.15) is 55.4 Å². The van der Waals surface area contributed by atoms with Crippen molar-refractivity contribution in [2.24, 2.45) is 5.92 Å². The number of fused-ring (bicyclic) bond motifs is 3. The van der Waals surface area contributed by atoms with Gasteiger partial charge in [0.2, 0.25) is 10.0 Å². The van der Waals surface area contributed by atoms with Gasteiger partial charge in [-0.15, -0.1) is 0 Å². The van der Waals surface area contributed by atoms with E-state index in [1.165, 1.54) is 12.1 Å². The Kier molecular flexibility index (Phi) is 7.15. The molecule has 3 aromatic rings. The fourth-order valence-electron chi connectivity index (χ4n) is 4.49. The second-order valence-corrected chi connectivity index (χ2v) is 11.1. The molecule has 0 amide bonds. The van der Waals surface area contributed by atoms with Crippen LogP contribution in [0.3, 0.4) is 0 Å². The van der Waals surface area contributed by atoms with Gasteiger partial charge in [-0.05, 0) is 75.3 Å². The first-order valence-electron chi connectivity index (χ1n) is 12.0. The summed E-state index contributed by atoms with van der Waals surface area (Å²) in [5.74, 6) is -0.782. The molecule has 0 spiro atoms. The number of aryl methyl sites for hydroxylation is 3. The molecule has 0 saturated carbocycles. The van der Waals surface area contributed by atoms with Gasteiger partial charge in [-0.1, -0.05) is 38.0 Å². The lowest BCUT2D eigenvalue weighted by Crippen LogP contribution is -2.47. The standard InChI is InChI=1S/C27H31NO6S/c1-5-17(3)24(28-35(31,32)19-12-10-16(2)11-13-19)27(30)33-23-15-14-21-20-8-6-7-9-22(20)26(29)34-25(21)18(23)4/h10-15,17,24,28H,5-9H2,1-4H3/t17-,24+/m1/s1. The fraction of sp³-hybridized carbons (Fsp3) is 0.407. The lowest BCUT2D eigenvalue weighted by Gasteiger charge is -2.23. The SMILES string of the molecule is CC[C@@H](C)[C@H](NS(=O)(=O)c1ccc(C)cc1)C(=O)Oc1ccc2c3c(c(=O)oc2c1C)CCCC3. The highest BCUT2D eigenvalue weighted by atomic mass is 32.2. The highest BCUT2D eigenvalue weighted by molar-refractivity contribution is 7.89. The van der Waals surface area contributed by atoms with Crippen molar-refractivity contribution in [3.8, 4) is 5.75 Å². The lowest BCUT2D eigenvalue weighted by atomic mass is 9.90. The van der Waals surface area contributed by atoms with Gasteiger partial charge in [-0.2, -0.15) is 4.72 Å². The largest absolute Gasteiger partial charge is 0.425 e. The van der Waals surface area contributed by atoms with Crippen LogP contribution >= 0.6 is 0 Å². The number of benzene rings is 2. The Morgan fingerprint density at radius 1 is 1.06 bits per heavy atom. The Hall–Kier alpha value is -2.97. The predicted molar refractivity (Wildman–Crippen MR) is 134 cm³/mol. The van der Waals surface area contributed by atoms with E-state index in [1.807, 2.05) is 19.9 Å². The van der Waals surface area contributed by atoms with Gasteiger partial charge in [0.15, 0.2) is 0 Å². The highest BCUT2D eigenvalue weighted by Gasteiger charge is 2.32. The molecule has 0 unspecified atom stereocenters. The molecule has 2 atom stereocenters. The van der Waals surface area contributed by atoms with Gasteiger partial charge in [0.25, 0.3) is 0 Å². The summed E-state index contributed by atoms with van der Waals surface area (Å²) in [4.78, 5) is 25.9. The molecule has 0 fully saturated rings. The minimum Gasteiger partial charge on any atom is -0.425 e. The predicted octanol–water partition coefficient (Wildman–Crippen LogP) is 4.59. The number of ether oxygens (including phenoxy) is 1. The molecule has 8 heteroatoms. The summed E-state index contributed by atoms with van der Waals surface area (Å²) in [6, 6.07) is 8.84. The third-order valence-corrected chi connectivity index (χ3v) is 8.34. The van der Waals surface area contributed by atoms with Crippen LogP contribution in [-0.2, 0) is 27.7 Å². The molecule has 35 heavy (non-hydrogen) atoms. The number of hydrogen-bond donors (Lipinski definition) is 1. The zero-order valence-corrected chi connectivity index (χ0v) is 21.3. The molecule has 1 aromatic heterocycles. The van der Waals surface area contributed by atoms with Crippen LogP contribution < -0.4 is 15.1 Å². The van der Waals surface area contributed by atoms with E-state index in [0.29, 0.717) is 24.0 Å². The molecule has 4 rings (SSSR count). The van der Waals surface area contributed by atoms with Crippen LogP contribution in [0.4, 0.5) is 0 Å². The summed E-state index contributed by atoms with van der Waals surface area (Å²) >= 11 is 0. The summed E-state index contributed by atoms with van der Waals surface area (Å²) < 4.78 is 39.8. The molecule has 0 bridgehead atoms. The second kappa shape index (κ2) is 9.95. The fourth-order valence-corrected chi connectivity index (χ4v) is 5.79. The maximum Gasteiger partial charge on any atom is 0.339 e. The average Bonchev–Trinajstić information content (AvgIpc) is 2.84. The van der Waals surface area contributed by atoms with Crippen molar-refractivity contribution in [2.75, 3.05) is 0 Å². The van der Waals surface area contributed by atoms with Crippen molar-refractivity contribution in [1.29, 1.82) is 0 Å². The van der Waals surface area contributed by atoms with Crippen LogP contribution in [0.2, 0.25) is 0 Å². The number of carbonyl (C=O) groups is 1. The van der Waals surface area contributed by atoms with Gasteiger partial charge < -0.3 is 9.15 Å². The number of esters is 1. The molecular weight excluding hydrogens is 466 g/mol. The first kappa shape index (κ1) is 25.1. The summed E-state index contributed by atoms with van der Waals surface area (Å²) in [7, 11) is -3.94. The first-order valence-corrected chi connectivity index (χ1v) is 13.5. The Labute approximate surface area is 205 Å². The lowest BCUT2D eigenvalue weighted by molar-refractivity contribution is -0.137. The molecule has 2 aromatic carbocycles. The molecule has 0 aliphatic heterocycles.